The normalized spacial score (nSPS) is 11.9. The molecule has 0 aliphatic rings. The van der Waals surface area contributed by atoms with Crippen LogP contribution in [0, 0.1) is 19.7 Å². The third-order valence-electron chi connectivity index (χ3n) is 5.30. The molecule has 0 aliphatic carbocycles. The van der Waals surface area contributed by atoms with E-state index in [4.69, 9.17) is 4.98 Å². The van der Waals surface area contributed by atoms with Crippen molar-refractivity contribution in [3.63, 3.8) is 0 Å². The maximum Gasteiger partial charge on any atom is 0.228 e. The minimum Gasteiger partial charge on any atom is -0.309 e. The van der Waals surface area contributed by atoms with Gasteiger partial charge in [0.05, 0.1) is 20.9 Å². The fourth-order valence-corrected chi connectivity index (χ4v) is 6.03. The van der Waals surface area contributed by atoms with E-state index >= 15 is 0 Å². The summed E-state index contributed by atoms with van der Waals surface area (Å²) >= 11 is 1.49. The van der Waals surface area contributed by atoms with Gasteiger partial charge in [-0.25, -0.2) is 17.8 Å². The van der Waals surface area contributed by atoms with E-state index in [-0.39, 0.29) is 29.4 Å². The van der Waals surface area contributed by atoms with E-state index in [0.717, 1.165) is 46.4 Å². The summed E-state index contributed by atoms with van der Waals surface area (Å²) in [5, 5.41) is 0.642. The van der Waals surface area contributed by atoms with Gasteiger partial charge in [-0.05, 0) is 88.8 Å². The second-order valence-corrected chi connectivity index (χ2v) is 11.6. The summed E-state index contributed by atoms with van der Waals surface area (Å²) in [4.78, 5) is 21.7. The summed E-state index contributed by atoms with van der Waals surface area (Å²) in [5.74, 6) is -0.802. The van der Waals surface area contributed by atoms with Crippen LogP contribution < -0.4 is 4.90 Å². The lowest BCUT2D eigenvalue weighted by Crippen LogP contribution is -2.33. The van der Waals surface area contributed by atoms with E-state index in [9.17, 15) is 17.6 Å². The molecule has 2 aromatic carbocycles. The molecule has 1 aromatic heterocycles. The first-order valence-corrected chi connectivity index (χ1v) is 13.3. The Morgan fingerprint density at radius 2 is 1.76 bits per heavy atom. The Kier molecular flexibility index (Phi) is 8.20. The zero-order valence-corrected chi connectivity index (χ0v) is 21.1. The smallest absolute Gasteiger partial charge is 0.228 e. The molecular formula is C24H30FN3O3S2. The van der Waals surface area contributed by atoms with E-state index in [1.165, 1.54) is 23.5 Å². The summed E-state index contributed by atoms with van der Waals surface area (Å²) in [6.45, 7) is 5.40. The average molecular weight is 492 g/mol. The Morgan fingerprint density at radius 3 is 2.42 bits per heavy atom. The number of sulfone groups is 1. The van der Waals surface area contributed by atoms with Crippen LogP contribution in [0.25, 0.3) is 10.2 Å². The number of nitrogens with zero attached hydrogens (tertiary/aromatic N) is 3. The summed E-state index contributed by atoms with van der Waals surface area (Å²) in [6, 6.07) is 8.88. The van der Waals surface area contributed by atoms with Gasteiger partial charge in [0.15, 0.2) is 15.0 Å². The third kappa shape index (κ3) is 6.59. The van der Waals surface area contributed by atoms with E-state index in [1.807, 2.05) is 34.0 Å². The third-order valence-corrected chi connectivity index (χ3v) is 8.35. The zero-order valence-electron chi connectivity index (χ0n) is 19.5. The molecule has 33 heavy (non-hydrogen) atoms. The van der Waals surface area contributed by atoms with E-state index < -0.39 is 15.7 Å². The number of rotatable bonds is 10. The minimum absolute atomic E-state index is 0.0659. The Balaban J connectivity index is 1.74. The molecule has 0 unspecified atom stereocenters. The standard InChI is InChI=1S/C24H30FN3O3S2/c1-17-15-18(2)23-21(16-17)26-24(32-23)28(13-6-12-27(3)4)22(29)7-5-14-33(30,31)20-10-8-19(25)9-11-20/h8-11,15-16H,5-7,12-14H2,1-4H3. The van der Waals surface area contributed by atoms with Crippen molar-refractivity contribution >= 4 is 42.4 Å². The lowest BCUT2D eigenvalue weighted by Gasteiger charge is -2.21. The highest BCUT2D eigenvalue weighted by Crippen LogP contribution is 2.32. The molecule has 6 nitrogen and oxygen atoms in total. The first-order chi connectivity index (χ1) is 15.6. The number of aromatic nitrogens is 1. The van der Waals surface area contributed by atoms with Gasteiger partial charge in [-0.2, -0.15) is 0 Å². The number of amides is 1. The SMILES string of the molecule is Cc1cc(C)c2sc(N(CCCN(C)C)C(=O)CCCS(=O)(=O)c3ccc(F)cc3)nc2c1. The van der Waals surface area contributed by atoms with Gasteiger partial charge in [-0.1, -0.05) is 17.4 Å². The summed E-state index contributed by atoms with van der Waals surface area (Å²) < 4.78 is 39.2. The molecule has 1 heterocycles. The molecule has 3 rings (SSSR count). The van der Waals surface area contributed by atoms with Crippen molar-refractivity contribution in [2.24, 2.45) is 0 Å². The van der Waals surface area contributed by atoms with Crippen molar-refractivity contribution in [1.82, 2.24) is 9.88 Å². The highest BCUT2D eigenvalue weighted by Gasteiger charge is 2.22. The fraction of sp³-hybridized carbons (Fsp3) is 0.417. The Hall–Kier alpha value is -2.36. The Labute approximate surface area is 199 Å². The number of aryl methyl sites for hydroxylation is 2. The van der Waals surface area contributed by atoms with Crippen LogP contribution in [0.4, 0.5) is 9.52 Å². The number of hydrogen-bond acceptors (Lipinski definition) is 6. The van der Waals surface area contributed by atoms with Gasteiger partial charge in [0.25, 0.3) is 0 Å². The maximum absolute atomic E-state index is 13.1. The molecule has 0 fully saturated rings. The van der Waals surface area contributed by atoms with Crippen LogP contribution >= 0.6 is 11.3 Å². The number of hydrogen-bond donors (Lipinski definition) is 0. The molecular weight excluding hydrogens is 461 g/mol. The van der Waals surface area contributed by atoms with E-state index in [0.29, 0.717) is 11.7 Å². The van der Waals surface area contributed by atoms with Gasteiger partial charge < -0.3 is 4.90 Å². The number of carbonyl (C=O) groups is 1. The van der Waals surface area contributed by atoms with Crippen molar-refractivity contribution in [3.05, 3.63) is 53.3 Å². The fourth-order valence-electron chi connectivity index (χ4n) is 3.66. The number of halogens is 1. The number of anilines is 1. The van der Waals surface area contributed by atoms with Gasteiger partial charge in [0, 0.05) is 13.0 Å². The maximum atomic E-state index is 13.1. The molecule has 0 saturated heterocycles. The van der Waals surface area contributed by atoms with Crippen LogP contribution in [0.3, 0.4) is 0 Å². The molecule has 9 heteroatoms. The van der Waals surface area contributed by atoms with Crippen LogP contribution in [0.1, 0.15) is 30.4 Å². The molecule has 0 bridgehead atoms. The van der Waals surface area contributed by atoms with Crippen LogP contribution in [0.5, 0.6) is 0 Å². The van der Waals surface area contributed by atoms with Gasteiger partial charge in [0.2, 0.25) is 5.91 Å². The first kappa shape index (κ1) is 25.3. The quantitative estimate of drug-likeness (QED) is 0.388. The molecule has 0 atom stereocenters. The molecule has 0 saturated carbocycles. The van der Waals surface area contributed by atoms with Crippen molar-refractivity contribution in [2.75, 3.05) is 37.8 Å². The molecule has 0 N–H and O–H groups in total. The molecule has 0 spiro atoms. The number of fused-ring (bicyclic) bond motifs is 1. The average Bonchev–Trinajstić information content (AvgIpc) is 3.15. The lowest BCUT2D eigenvalue weighted by molar-refractivity contribution is -0.118. The molecule has 178 valence electrons. The van der Waals surface area contributed by atoms with Crippen molar-refractivity contribution in [3.8, 4) is 0 Å². The van der Waals surface area contributed by atoms with Crippen LogP contribution in [0.15, 0.2) is 41.3 Å². The molecule has 3 aromatic rings. The second-order valence-electron chi connectivity index (χ2n) is 8.51. The predicted molar refractivity (Wildman–Crippen MR) is 132 cm³/mol. The summed E-state index contributed by atoms with van der Waals surface area (Å²) in [5.41, 5.74) is 3.12. The summed E-state index contributed by atoms with van der Waals surface area (Å²) in [6.07, 6.45) is 1.06. The molecule has 0 radical (unpaired) electrons. The van der Waals surface area contributed by atoms with Crippen LogP contribution in [-0.4, -0.2) is 57.1 Å². The molecule has 1 amide bonds. The van der Waals surface area contributed by atoms with Gasteiger partial charge in [0.1, 0.15) is 5.82 Å². The van der Waals surface area contributed by atoms with Crippen molar-refractivity contribution in [1.29, 1.82) is 0 Å². The largest absolute Gasteiger partial charge is 0.309 e. The van der Waals surface area contributed by atoms with Gasteiger partial charge in [-0.15, -0.1) is 0 Å². The number of benzene rings is 2. The summed E-state index contributed by atoms with van der Waals surface area (Å²) in [7, 11) is 0.386. The highest BCUT2D eigenvalue weighted by atomic mass is 32.2. The number of carbonyl (C=O) groups excluding carboxylic acids is 1. The van der Waals surface area contributed by atoms with Crippen molar-refractivity contribution < 1.29 is 17.6 Å². The van der Waals surface area contributed by atoms with Crippen LogP contribution in [-0.2, 0) is 14.6 Å². The van der Waals surface area contributed by atoms with Gasteiger partial charge in [-0.3, -0.25) is 9.69 Å². The first-order valence-electron chi connectivity index (χ1n) is 10.9. The van der Waals surface area contributed by atoms with E-state index in [2.05, 4.69) is 11.0 Å². The highest BCUT2D eigenvalue weighted by molar-refractivity contribution is 7.91. The van der Waals surface area contributed by atoms with E-state index in [1.54, 1.807) is 4.90 Å². The zero-order chi connectivity index (χ0) is 24.2. The topological polar surface area (TPSA) is 70.6 Å². The minimum atomic E-state index is -3.58. The van der Waals surface area contributed by atoms with Crippen molar-refractivity contribution in [2.45, 2.75) is 38.0 Å². The Morgan fingerprint density at radius 1 is 1.06 bits per heavy atom. The lowest BCUT2D eigenvalue weighted by atomic mass is 10.1. The van der Waals surface area contributed by atoms with Gasteiger partial charge >= 0.3 is 0 Å². The Bertz CT molecular complexity index is 1220. The monoisotopic (exact) mass is 491 g/mol. The van der Waals surface area contributed by atoms with Crippen LogP contribution in [0.2, 0.25) is 0 Å². The number of thiazole rings is 1. The molecule has 0 aliphatic heterocycles. The second kappa shape index (κ2) is 10.7. The predicted octanol–water partition coefficient (Wildman–Crippen LogP) is 4.59.